The van der Waals surface area contributed by atoms with E-state index in [9.17, 15) is 4.79 Å². The Morgan fingerprint density at radius 1 is 1.38 bits per heavy atom. The maximum Gasteiger partial charge on any atom is 0.274 e. The van der Waals surface area contributed by atoms with Crippen LogP contribution in [0.2, 0.25) is 0 Å². The van der Waals surface area contributed by atoms with Gasteiger partial charge in [-0.15, -0.1) is 11.3 Å². The Labute approximate surface area is 144 Å². The van der Waals surface area contributed by atoms with Gasteiger partial charge in [0.25, 0.3) is 11.3 Å². The largest absolute Gasteiger partial charge is 0.295 e. The third-order valence-electron chi connectivity index (χ3n) is 4.74. The molecule has 1 aliphatic rings. The highest BCUT2D eigenvalue weighted by molar-refractivity contribution is 7.09. The Kier molecular flexibility index (Phi) is 4.44. The minimum atomic E-state index is -0.0976. The van der Waals surface area contributed by atoms with Gasteiger partial charge in [0, 0.05) is 23.5 Å². The molecule has 4 heterocycles. The highest BCUT2D eigenvalue weighted by Gasteiger charge is 2.23. The van der Waals surface area contributed by atoms with Gasteiger partial charge in [-0.1, -0.05) is 12.5 Å². The molecule has 0 bridgehead atoms. The van der Waals surface area contributed by atoms with E-state index >= 15 is 0 Å². The average molecular weight is 343 g/mol. The van der Waals surface area contributed by atoms with Crippen LogP contribution in [0.5, 0.6) is 0 Å². The lowest BCUT2D eigenvalue weighted by molar-refractivity contribution is 0.131. The van der Waals surface area contributed by atoms with E-state index in [4.69, 9.17) is 0 Å². The third-order valence-corrected chi connectivity index (χ3v) is 5.68. The number of H-pyrrole nitrogens is 1. The summed E-state index contributed by atoms with van der Waals surface area (Å²) >= 11 is 1.83. The monoisotopic (exact) mass is 343 g/mol. The van der Waals surface area contributed by atoms with E-state index in [1.165, 1.54) is 41.4 Å². The molecule has 0 radical (unpaired) electrons. The van der Waals surface area contributed by atoms with Crippen molar-refractivity contribution in [3.8, 4) is 0 Å². The first-order chi connectivity index (χ1) is 11.8. The summed E-state index contributed by atoms with van der Waals surface area (Å²) in [6.07, 6.45) is 7.55. The molecule has 0 saturated carbocycles. The zero-order valence-electron chi connectivity index (χ0n) is 13.5. The van der Waals surface area contributed by atoms with E-state index in [0.29, 0.717) is 11.8 Å². The summed E-state index contributed by atoms with van der Waals surface area (Å²) in [6, 6.07) is 6.53. The fourth-order valence-electron chi connectivity index (χ4n) is 3.52. The van der Waals surface area contributed by atoms with Crippen molar-refractivity contribution >= 4 is 17.1 Å². The van der Waals surface area contributed by atoms with E-state index < -0.39 is 0 Å². The summed E-state index contributed by atoms with van der Waals surface area (Å²) in [5.74, 6) is 0.449. The van der Waals surface area contributed by atoms with Crippen molar-refractivity contribution < 1.29 is 0 Å². The van der Waals surface area contributed by atoms with Gasteiger partial charge in [-0.05, 0) is 43.7 Å². The number of aromatic nitrogens is 4. The second-order valence-electron chi connectivity index (χ2n) is 6.35. The van der Waals surface area contributed by atoms with Gasteiger partial charge in [-0.2, -0.15) is 4.52 Å². The smallest absolute Gasteiger partial charge is 0.274 e. The average Bonchev–Trinajstić information content (AvgIpc) is 3.25. The lowest BCUT2D eigenvalue weighted by Gasteiger charge is -2.35. The molecule has 0 spiro atoms. The Morgan fingerprint density at radius 2 is 2.33 bits per heavy atom. The molecule has 24 heavy (non-hydrogen) atoms. The van der Waals surface area contributed by atoms with Crippen molar-refractivity contribution in [2.45, 2.75) is 44.7 Å². The number of rotatable bonds is 5. The topological polar surface area (TPSA) is 66.3 Å². The second kappa shape index (κ2) is 6.86. The quantitative estimate of drug-likeness (QED) is 0.773. The molecule has 3 aromatic heterocycles. The number of thiophene rings is 1. The molecular formula is C17H21N5OS. The first kappa shape index (κ1) is 15.5. The van der Waals surface area contributed by atoms with Crippen molar-refractivity contribution in [2.75, 3.05) is 6.54 Å². The number of hydrogen-bond acceptors (Lipinski definition) is 5. The molecule has 1 fully saturated rings. The molecule has 6 nitrogen and oxygen atoms in total. The van der Waals surface area contributed by atoms with Gasteiger partial charge in [0.05, 0.1) is 5.69 Å². The van der Waals surface area contributed by atoms with Crippen molar-refractivity contribution in [3.05, 3.63) is 50.8 Å². The highest BCUT2D eigenvalue weighted by Crippen LogP contribution is 2.24. The van der Waals surface area contributed by atoms with Crippen LogP contribution in [0.1, 0.15) is 36.3 Å². The molecule has 4 rings (SSSR count). The lowest BCUT2D eigenvalue weighted by Crippen LogP contribution is -2.39. The number of aromatic amines is 1. The third kappa shape index (κ3) is 3.27. The Balaban J connectivity index is 1.48. The fourth-order valence-corrected chi connectivity index (χ4v) is 4.24. The first-order valence-corrected chi connectivity index (χ1v) is 9.36. The number of likely N-dealkylation sites (tertiary alicyclic amines) is 1. The van der Waals surface area contributed by atoms with Gasteiger partial charge < -0.3 is 0 Å². The summed E-state index contributed by atoms with van der Waals surface area (Å²) in [5, 5.41) is 4.92. The number of hydrogen-bond donors (Lipinski definition) is 1. The maximum absolute atomic E-state index is 12.1. The molecule has 0 aromatic carbocycles. The lowest BCUT2D eigenvalue weighted by atomic mass is 9.97. The number of nitrogens with one attached hydrogen (secondary N) is 1. The number of fused-ring (bicyclic) bond motifs is 1. The molecule has 3 aromatic rings. The van der Waals surface area contributed by atoms with E-state index in [-0.39, 0.29) is 5.56 Å². The number of piperidine rings is 1. The maximum atomic E-state index is 12.1. The van der Waals surface area contributed by atoms with Gasteiger partial charge in [0.2, 0.25) is 0 Å². The van der Waals surface area contributed by atoms with Gasteiger partial charge in [-0.25, -0.2) is 9.97 Å². The standard InChI is InChI=1S/C17H21N5OS/c23-16-10-13(20-17-18-12-19-22(16)17)11-21-8-2-1-4-14(21)6-7-15-5-3-9-24-15/h3,5,9-10,12,14H,1-2,4,6-8,11H2,(H,18,19,20). The van der Waals surface area contributed by atoms with Crippen LogP contribution in [-0.2, 0) is 13.0 Å². The predicted octanol–water partition coefficient (Wildman–Crippen LogP) is 2.47. The Bertz CT molecular complexity index is 853. The minimum absolute atomic E-state index is 0.0976. The van der Waals surface area contributed by atoms with Gasteiger partial charge in [0.15, 0.2) is 0 Å². The van der Waals surface area contributed by atoms with Crippen LogP contribution in [0.3, 0.4) is 0 Å². The molecule has 1 atom stereocenters. The summed E-state index contributed by atoms with van der Waals surface area (Å²) < 4.78 is 1.37. The molecule has 0 aliphatic carbocycles. The molecule has 1 N–H and O–H groups in total. The van der Waals surface area contributed by atoms with Crippen LogP contribution < -0.4 is 5.56 Å². The van der Waals surface area contributed by atoms with Crippen molar-refractivity contribution in [3.63, 3.8) is 0 Å². The SMILES string of the molecule is O=c1cc(CN2CCCCC2CCc2cccs2)nc2nc[nH]n12. The molecular weight excluding hydrogens is 322 g/mol. The van der Waals surface area contributed by atoms with Crippen LogP contribution >= 0.6 is 11.3 Å². The number of aryl methyl sites for hydroxylation is 1. The molecule has 1 aliphatic heterocycles. The van der Waals surface area contributed by atoms with Crippen molar-refractivity contribution in [1.29, 1.82) is 0 Å². The first-order valence-electron chi connectivity index (χ1n) is 8.48. The zero-order valence-corrected chi connectivity index (χ0v) is 14.3. The van der Waals surface area contributed by atoms with Crippen LogP contribution in [0.4, 0.5) is 0 Å². The second-order valence-corrected chi connectivity index (χ2v) is 7.38. The molecule has 0 amide bonds. The van der Waals surface area contributed by atoms with Gasteiger partial charge in [0.1, 0.15) is 6.33 Å². The van der Waals surface area contributed by atoms with Crippen molar-refractivity contribution in [2.24, 2.45) is 0 Å². The Morgan fingerprint density at radius 3 is 3.21 bits per heavy atom. The van der Waals surface area contributed by atoms with Gasteiger partial charge in [-0.3, -0.25) is 14.8 Å². The summed E-state index contributed by atoms with van der Waals surface area (Å²) in [4.78, 5) is 24.7. The van der Waals surface area contributed by atoms with Crippen LogP contribution in [0.25, 0.3) is 5.78 Å². The van der Waals surface area contributed by atoms with Gasteiger partial charge >= 0.3 is 0 Å². The number of nitrogens with zero attached hydrogens (tertiary/aromatic N) is 4. The molecule has 1 unspecified atom stereocenters. The van der Waals surface area contributed by atoms with E-state index in [1.54, 1.807) is 6.07 Å². The van der Waals surface area contributed by atoms with Crippen molar-refractivity contribution in [1.82, 2.24) is 24.5 Å². The molecule has 7 heteroatoms. The van der Waals surface area contributed by atoms with Crippen LogP contribution in [0, 0.1) is 0 Å². The van der Waals surface area contributed by atoms with E-state index in [0.717, 1.165) is 25.2 Å². The predicted molar refractivity (Wildman–Crippen MR) is 94.3 cm³/mol. The highest BCUT2D eigenvalue weighted by atomic mass is 32.1. The fraction of sp³-hybridized carbons (Fsp3) is 0.471. The Hall–Kier alpha value is -1.99. The normalized spacial score (nSPS) is 19.1. The van der Waals surface area contributed by atoms with E-state index in [1.807, 2.05) is 11.3 Å². The van der Waals surface area contributed by atoms with Crippen LogP contribution in [0.15, 0.2) is 34.7 Å². The molecule has 1 saturated heterocycles. The summed E-state index contributed by atoms with van der Waals surface area (Å²) in [7, 11) is 0. The summed E-state index contributed by atoms with van der Waals surface area (Å²) in [6.45, 7) is 1.81. The van der Waals surface area contributed by atoms with E-state index in [2.05, 4.69) is 37.5 Å². The zero-order chi connectivity index (χ0) is 16.4. The van der Waals surface area contributed by atoms with Crippen LogP contribution in [-0.4, -0.2) is 37.1 Å². The molecule has 126 valence electrons. The minimum Gasteiger partial charge on any atom is -0.295 e. The summed E-state index contributed by atoms with van der Waals surface area (Å²) in [5.41, 5.74) is 0.717.